The van der Waals surface area contributed by atoms with Crippen LogP contribution in [0.3, 0.4) is 0 Å². The first-order valence-corrected chi connectivity index (χ1v) is 7.10. The fourth-order valence-electron chi connectivity index (χ4n) is 2.11. The van der Waals surface area contributed by atoms with Gasteiger partial charge in [0, 0.05) is 11.1 Å². The molecule has 0 spiro atoms. The lowest BCUT2D eigenvalue weighted by Gasteiger charge is -2.20. The number of benzene rings is 1. The second-order valence-electron chi connectivity index (χ2n) is 4.68. The van der Waals surface area contributed by atoms with Crippen LogP contribution in [0.5, 0.6) is 0 Å². The number of urea groups is 1. The Kier molecular flexibility index (Phi) is 4.93. The molecule has 1 aromatic carbocycles. The topological polar surface area (TPSA) is 50.4 Å². The summed E-state index contributed by atoms with van der Waals surface area (Å²) in [6, 6.07) is 1.29. The summed E-state index contributed by atoms with van der Waals surface area (Å²) in [5, 5.41) is 4.80. The predicted octanol–water partition coefficient (Wildman–Crippen LogP) is 3.42. The minimum Gasteiger partial charge on any atom is -0.376 e. The number of ether oxygens (including phenoxy) is 1. The van der Waals surface area contributed by atoms with Crippen molar-refractivity contribution in [2.24, 2.45) is 0 Å². The molecule has 110 valence electrons. The third-order valence-electron chi connectivity index (χ3n) is 3.13. The summed E-state index contributed by atoms with van der Waals surface area (Å²) in [7, 11) is 0. The fraction of sp³-hybridized carbons (Fsp3) is 0.462. The summed E-state index contributed by atoms with van der Waals surface area (Å²) in [6.07, 6.45) is 1.76. The van der Waals surface area contributed by atoms with E-state index < -0.39 is 23.4 Å². The number of carbonyl (C=O) groups excluding carboxylic acids is 1. The predicted molar refractivity (Wildman–Crippen MR) is 74.6 cm³/mol. The highest BCUT2D eigenvalue weighted by Gasteiger charge is 2.24. The summed E-state index contributed by atoms with van der Waals surface area (Å²) >= 11 is 2.97. The number of hydrogen-bond acceptors (Lipinski definition) is 2. The molecule has 2 rings (SSSR count). The lowest BCUT2D eigenvalue weighted by Crippen LogP contribution is -2.43. The van der Waals surface area contributed by atoms with Crippen LogP contribution in [-0.2, 0) is 4.74 Å². The van der Waals surface area contributed by atoms with Crippen LogP contribution in [0.4, 0.5) is 19.3 Å². The molecular formula is C13H15BrF2N2O2. The van der Waals surface area contributed by atoms with E-state index in [1.165, 1.54) is 0 Å². The standard InChI is InChI=1S/C13H15BrF2N2O2/c1-7(11-3-2-4-20-11)17-13(19)18-12-9(15)5-8(14)6-10(12)16/h5-7,11H,2-4H2,1H3,(H2,17,18,19)/t7-,11-/m1/s1. The van der Waals surface area contributed by atoms with Gasteiger partial charge in [-0.1, -0.05) is 15.9 Å². The van der Waals surface area contributed by atoms with Crippen LogP contribution in [0, 0.1) is 11.6 Å². The van der Waals surface area contributed by atoms with Crippen LogP contribution >= 0.6 is 15.9 Å². The van der Waals surface area contributed by atoms with Crippen molar-refractivity contribution >= 4 is 27.6 Å². The largest absolute Gasteiger partial charge is 0.376 e. The van der Waals surface area contributed by atoms with Gasteiger partial charge in [0.05, 0.1) is 12.1 Å². The highest BCUT2D eigenvalue weighted by atomic mass is 79.9. The van der Waals surface area contributed by atoms with Gasteiger partial charge in [-0.15, -0.1) is 0 Å². The van der Waals surface area contributed by atoms with Crippen molar-refractivity contribution in [2.45, 2.75) is 31.9 Å². The quantitative estimate of drug-likeness (QED) is 0.879. The van der Waals surface area contributed by atoms with E-state index in [1.807, 2.05) is 0 Å². The number of hydrogen-bond donors (Lipinski definition) is 2. The maximum Gasteiger partial charge on any atom is 0.319 e. The first kappa shape index (κ1) is 15.2. The van der Waals surface area contributed by atoms with E-state index in [2.05, 4.69) is 26.6 Å². The Balaban J connectivity index is 1.97. The second-order valence-corrected chi connectivity index (χ2v) is 5.60. The number of rotatable bonds is 3. The maximum absolute atomic E-state index is 13.6. The minimum atomic E-state index is -0.836. The summed E-state index contributed by atoms with van der Waals surface area (Å²) < 4.78 is 32.8. The molecule has 0 radical (unpaired) electrons. The zero-order valence-corrected chi connectivity index (χ0v) is 12.5. The smallest absolute Gasteiger partial charge is 0.319 e. The third-order valence-corrected chi connectivity index (χ3v) is 3.58. The molecule has 0 bridgehead atoms. The molecule has 1 fully saturated rings. The van der Waals surface area contributed by atoms with E-state index in [-0.39, 0.29) is 16.6 Å². The molecule has 2 amide bonds. The zero-order valence-electron chi connectivity index (χ0n) is 10.9. The lowest BCUT2D eigenvalue weighted by atomic mass is 10.1. The first-order valence-electron chi connectivity index (χ1n) is 6.31. The van der Waals surface area contributed by atoms with Gasteiger partial charge < -0.3 is 15.4 Å². The van der Waals surface area contributed by atoms with E-state index in [1.54, 1.807) is 6.92 Å². The third kappa shape index (κ3) is 3.67. The Labute approximate surface area is 124 Å². The van der Waals surface area contributed by atoms with Gasteiger partial charge in [0.2, 0.25) is 0 Å². The molecule has 2 atom stereocenters. The number of nitrogens with one attached hydrogen (secondary N) is 2. The molecule has 0 aromatic heterocycles. The average Bonchev–Trinajstić information content (AvgIpc) is 2.87. The molecule has 0 unspecified atom stereocenters. The number of carbonyl (C=O) groups is 1. The molecule has 1 saturated heterocycles. The summed E-state index contributed by atoms with van der Waals surface area (Å²) in [5.41, 5.74) is -0.467. The maximum atomic E-state index is 13.6. The number of anilines is 1. The summed E-state index contributed by atoms with van der Waals surface area (Å²) in [6.45, 7) is 2.47. The average molecular weight is 349 g/mol. The number of halogens is 3. The Morgan fingerprint density at radius 3 is 2.65 bits per heavy atom. The second kappa shape index (κ2) is 6.49. The van der Waals surface area contributed by atoms with Crippen molar-refractivity contribution in [2.75, 3.05) is 11.9 Å². The van der Waals surface area contributed by atoms with Crippen LogP contribution < -0.4 is 10.6 Å². The van der Waals surface area contributed by atoms with E-state index >= 15 is 0 Å². The van der Waals surface area contributed by atoms with Crippen LogP contribution in [-0.4, -0.2) is 24.8 Å². The van der Waals surface area contributed by atoms with E-state index in [0.717, 1.165) is 25.0 Å². The van der Waals surface area contributed by atoms with Gasteiger partial charge in [-0.05, 0) is 31.9 Å². The Morgan fingerprint density at radius 2 is 2.10 bits per heavy atom. The molecule has 0 saturated carbocycles. The van der Waals surface area contributed by atoms with Crippen molar-refractivity contribution in [3.8, 4) is 0 Å². The highest BCUT2D eigenvalue weighted by molar-refractivity contribution is 9.10. The van der Waals surface area contributed by atoms with Crippen LogP contribution in [0.25, 0.3) is 0 Å². The normalized spacial score (nSPS) is 19.7. The van der Waals surface area contributed by atoms with E-state index in [9.17, 15) is 13.6 Å². The molecule has 2 N–H and O–H groups in total. The molecule has 0 aliphatic carbocycles. The zero-order chi connectivity index (χ0) is 14.7. The molecule has 1 aliphatic rings. The first-order chi connectivity index (χ1) is 9.47. The van der Waals surface area contributed by atoms with Crippen molar-refractivity contribution in [1.29, 1.82) is 0 Å². The summed E-state index contributed by atoms with van der Waals surface area (Å²) in [5.74, 6) is -1.67. The number of amides is 2. The van der Waals surface area contributed by atoms with Gasteiger partial charge in [0.1, 0.15) is 5.69 Å². The van der Waals surface area contributed by atoms with E-state index in [4.69, 9.17) is 4.74 Å². The van der Waals surface area contributed by atoms with Crippen LogP contribution in [0.2, 0.25) is 0 Å². The van der Waals surface area contributed by atoms with Crippen molar-refractivity contribution in [3.05, 3.63) is 28.2 Å². The van der Waals surface area contributed by atoms with Crippen LogP contribution in [0.1, 0.15) is 19.8 Å². The van der Waals surface area contributed by atoms with Crippen molar-refractivity contribution < 1.29 is 18.3 Å². The Hall–Kier alpha value is -1.21. The van der Waals surface area contributed by atoms with Gasteiger partial charge in [-0.2, -0.15) is 0 Å². The molecular weight excluding hydrogens is 334 g/mol. The minimum absolute atomic E-state index is 0.0552. The molecule has 1 heterocycles. The van der Waals surface area contributed by atoms with Gasteiger partial charge >= 0.3 is 6.03 Å². The fourth-order valence-corrected chi connectivity index (χ4v) is 2.51. The lowest BCUT2D eigenvalue weighted by molar-refractivity contribution is 0.0868. The monoisotopic (exact) mass is 348 g/mol. The Bertz CT molecular complexity index is 484. The highest BCUT2D eigenvalue weighted by Crippen LogP contribution is 2.23. The molecule has 20 heavy (non-hydrogen) atoms. The van der Waals surface area contributed by atoms with Crippen LogP contribution in [0.15, 0.2) is 16.6 Å². The molecule has 7 heteroatoms. The summed E-state index contributed by atoms with van der Waals surface area (Å²) in [4.78, 5) is 11.7. The Morgan fingerprint density at radius 1 is 1.45 bits per heavy atom. The van der Waals surface area contributed by atoms with Gasteiger partial charge in [-0.25, -0.2) is 13.6 Å². The molecule has 4 nitrogen and oxygen atoms in total. The van der Waals surface area contributed by atoms with Gasteiger partial charge in [-0.3, -0.25) is 0 Å². The molecule has 1 aliphatic heterocycles. The van der Waals surface area contributed by atoms with Gasteiger partial charge in [0.25, 0.3) is 0 Å². The SMILES string of the molecule is C[C@@H](NC(=O)Nc1c(F)cc(Br)cc1F)[C@H]1CCCO1. The van der Waals surface area contributed by atoms with Gasteiger partial charge in [0.15, 0.2) is 11.6 Å². The van der Waals surface area contributed by atoms with Crippen molar-refractivity contribution in [3.63, 3.8) is 0 Å². The van der Waals surface area contributed by atoms with Crippen molar-refractivity contribution in [1.82, 2.24) is 5.32 Å². The molecule has 1 aromatic rings. The van der Waals surface area contributed by atoms with E-state index in [0.29, 0.717) is 6.61 Å².